The molecule has 12 heteroatoms. The van der Waals surface area contributed by atoms with Crippen LogP contribution in [0.1, 0.15) is 44.7 Å². The van der Waals surface area contributed by atoms with Gasteiger partial charge in [0, 0.05) is 39.1 Å². The molecule has 43 heavy (non-hydrogen) atoms. The standard InChI is InChI=1S/C31H42N4O7S/c1-22-8-14-25(15-9-22)43(39,40)35-16-6-7-27(35)28(36)32-26(29(37)42-31(2,3)4)21-23-10-12-24(13-11-23)41-30(38)34-19-17-33(5)18-20-34/h8-15,26-27H,6-7,16-21H2,1-5H3,(H,32,36)/t26-,27+/m0/s1. The number of piperazine rings is 1. The normalized spacial score (nSPS) is 19.1. The summed E-state index contributed by atoms with van der Waals surface area (Å²) >= 11 is 0. The first kappa shape index (κ1) is 32.4. The van der Waals surface area contributed by atoms with Gasteiger partial charge in [0.1, 0.15) is 23.4 Å². The van der Waals surface area contributed by atoms with E-state index in [2.05, 4.69) is 10.2 Å². The Kier molecular flexibility index (Phi) is 10.1. The summed E-state index contributed by atoms with van der Waals surface area (Å²) < 4.78 is 39.1. The summed E-state index contributed by atoms with van der Waals surface area (Å²) in [6.07, 6.45) is 0.548. The van der Waals surface area contributed by atoms with Crippen LogP contribution in [0.5, 0.6) is 5.75 Å². The predicted octanol–water partition coefficient (Wildman–Crippen LogP) is 2.96. The molecule has 1 N–H and O–H groups in total. The molecule has 234 valence electrons. The molecule has 0 spiro atoms. The van der Waals surface area contributed by atoms with Gasteiger partial charge in [0.25, 0.3) is 0 Å². The van der Waals surface area contributed by atoms with E-state index in [0.717, 1.165) is 18.7 Å². The van der Waals surface area contributed by atoms with Gasteiger partial charge < -0.3 is 24.6 Å². The van der Waals surface area contributed by atoms with Crippen molar-refractivity contribution in [1.82, 2.24) is 19.4 Å². The molecule has 4 rings (SSSR count). The lowest BCUT2D eigenvalue weighted by molar-refractivity contribution is -0.158. The van der Waals surface area contributed by atoms with Crippen LogP contribution >= 0.6 is 0 Å². The maximum Gasteiger partial charge on any atom is 0.415 e. The number of rotatable bonds is 8. The monoisotopic (exact) mass is 614 g/mol. The molecule has 2 aromatic rings. The Balaban J connectivity index is 1.46. The van der Waals surface area contributed by atoms with Crippen molar-refractivity contribution in [2.75, 3.05) is 39.8 Å². The number of amides is 2. The van der Waals surface area contributed by atoms with Gasteiger partial charge in [-0.2, -0.15) is 4.31 Å². The first-order valence-electron chi connectivity index (χ1n) is 14.6. The molecule has 11 nitrogen and oxygen atoms in total. The van der Waals surface area contributed by atoms with Crippen LogP contribution in [0.2, 0.25) is 0 Å². The minimum absolute atomic E-state index is 0.102. The number of sulfonamides is 1. The summed E-state index contributed by atoms with van der Waals surface area (Å²) in [5.74, 6) is -0.812. The highest BCUT2D eigenvalue weighted by atomic mass is 32.2. The average molecular weight is 615 g/mol. The summed E-state index contributed by atoms with van der Waals surface area (Å²) in [6.45, 7) is 10.0. The Morgan fingerprint density at radius 3 is 2.19 bits per heavy atom. The van der Waals surface area contributed by atoms with E-state index in [1.165, 1.54) is 16.4 Å². The number of hydrogen-bond donors (Lipinski definition) is 1. The molecule has 2 aliphatic rings. The minimum atomic E-state index is -3.91. The topological polar surface area (TPSA) is 126 Å². The molecule has 0 aromatic heterocycles. The van der Waals surface area contributed by atoms with E-state index in [-0.39, 0.29) is 17.9 Å². The van der Waals surface area contributed by atoms with E-state index >= 15 is 0 Å². The summed E-state index contributed by atoms with van der Waals surface area (Å²) in [6, 6.07) is 11.2. The third-order valence-electron chi connectivity index (χ3n) is 7.47. The van der Waals surface area contributed by atoms with Gasteiger partial charge in [-0.1, -0.05) is 29.8 Å². The number of ether oxygens (including phenoxy) is 2. The number of benzene rings is 2. The molecule has 0 radical (unpaired) electrons. The largest absolute Gasteiger partial charge is 0.458 e. The van der Waals surface area contributed by atoms with Crippen LogP contribution in [0.3, 0.4) is 0 Å². The highest BCUT2D eigenvalue weighted by Gasteiger charge is 2.41. The Morgan fingerprint density at radius 1 is 0.953 bits per heavy atom. The summed E-state index contributed by atoms with van der Waals surface area (Å²) in [5.41, 5.74) is 0.831. The van der Waals surface area contributed by atoms with Gasteiger partial charge in [0.15, 0.2) is 0 Å². The summed E-state index contributed by atoms with van der Waals surface area (Å²) in [5, 5.41) is 2.77. The average Bonchev–Trinajstić information content (AvgIpc) is 3.45. The van der Waals surface area contributed by atoms with Gasteiger partial charge in [-0.05, 0) is 77.4 Å². The quantitative estimate of drug-likeness (QED) is 0.450. The van der Waals surface area contributed by atoms with E-state index in [9.17, 15) is 22.8 Å². The number of likely N-dealkylation sites (N-methyl/N-ethyl adjacent to an activating group) is 1. The molecular formula is C31H42N4O7S. The molecule has 0 aliphatic carbocycles. The van der Waals surface area contributed by atoms with Crippen LogP contribution < -0.4 is 10.1 Å². The molecule has 0 bridgehead atoms. The highest BCUT2D eigenvalue weighted by molar-refractivity contribution is 7.89. The maximum absolute atomic E-state index is 13.5. The molecule has 2 saturated heterocycles. The van der Waals surface area contributed by atoms with Crippen LogP contribution in [-0.2, 0) is 30.8 Å². The van der Waals surface area contributed by atoms with Crippen molar-refractivity contribution in [3.05, 3.63) is 59.7 Å². The van der Waals surface area contributed by atoms with E-state index in [4.69, 9.17) is 9.47 Å². The number of aryl methyl sites for hydroxylation is 1. The van der Waals surface area contributed by atoms with Crippen molar-refractivity contribution in [2.24, 2.45) is 0 Å². The fraction of sp³-hybridized carbons (Fsp3) is 0.516. The van der Waals surface area contributed by atoms with Crippen LogP contribution in [0.4, 0.5) is 4.79 Å². The maximum atomic E-state index is 13.5. The lowest BCUT2D eigenvalue weighted by Gasteiger charge is -2.31. The predicted molar refractivity (Wildman–Crippen MR) is 161 cm³/mol. The van der Waals surface area contributed by atoms with Crippen molar-refractivity contribution in [3.8, 4) is 5.75 Å². The van der Waals surface area contributed by atoms with Gasteiger partial charge in [-0.15, -0.1) is 0 Å². The van der Waals surface area contributed by atoms with Crippen molar-refractivity contribution < 1.29 is 32.3 Å². The Morgan fingerprint density at radius 2 is 1.58 bits per heavy atom. The van der Waals surface area contributed by atoms with Gasteiger partial charge in [0.05, 0.1) is 4.90 Å². The second-order valence-electron chi connectivity index (χ2n) is 12.2. The lowest BCUT2D eigenvalue weighted by Crippen LogP contribution is -2.52. The van der Waals surface area contributed by atoms with E-state index in [1.807, 2.05) is 14.0 Å². The Bertz CT molecular complexity index is 1400. The van der Waals surface area contributed by atoms with Gasteiger partial charge in [0.2, 0.25) is 15.9 Å². The number of hydrogen-bond acceptors (Lipinski definition) is 8. The number of nitrogens with zero attached hydrogens (tertiary/aromatic N) is 3. The summed E-state index contributed by atoms with van der Waals surface area (Å²) in [4.78, 5) is 43.2. The van der Waals surface area contributed by atoms with Crippen LogP contribution in [0.25, 0.3) is 0 Å². The van der Waals surface area contributed by atoms with Gasteiger partial charge >= 0.3 is 12.1 Å². The SMILES string of the molecule is Cc1ccc(S(=O)(=O)N2CCC[C@@H]2C(=O)N[C@@H](Cc2ccc(OC(=O)N3CCN(C)CC3)cc2)C(=O)OC(C)(C)C)cc1. The second-order valence-corrected chi connectivity index (χ2v) is 14.1. The fourth-order valence-corrected chi connectivity index (χ4v) is 6.71. The fourth-order valence-electron chi connectivity index (χ4n) is 5.05. The van der Waals surface area contributed by atoms with Crippen LogP contribution in [-0.4, -0.2) is 97.9 Å². The number of nitrogens with one attached hydrogen (secondary N) is 1. The smallest absolute Gasteiger partial charge is 0.415 e. The second kappa shape index (κ2) is 13.4. The molecule has 0 saturated carbocycles. The zero-order valence-electron chi connectivity index (χ0n) is 25.5. The van der Waals surface area contributed by atoms with Crippen molar-refractivity contribution in [2.45, 2.75) is 69.5 Å². The van der Waals surface area contributed by atoms with E-state index in [1.54, 1.807) is 62.1 Å². The first-order valence-corrected chi connectivity index (χ1v) is 16.0. The molecule has 2 amide bonds. The molecule has 2 atom stereocenters. The van der Waals surface area contributed by atoms with E-state index in [0.29, 0.717) is 37.2 Å². The molecular weight excluding hydrogens is 572 g/mol. The van der Waals surface area contributed by atoms with E-state index < -0.39 is 45.7 Å². The lowest BCUT2D eigenvalue weighted by atomic mass is 10.0. The first-order chi connectivity index (χ1) is 20.2. The zero-order chi connectivity index (χ0) is 31.4. The van der Waals surface area contributed by atoms with Crippen LogP contribution in [0.15, 0.2) is 53.4 Å². The van der Waals surface area contributed by atoms with Gasteiger partial charge in [-0.3, -0.25) is 4.79 Å². The zero-order valence-corrected chi connectivity index (χ0v) is 26.4. The molecule has 2 aromatic carbocycles. The van der Waals surface area contributed by atoms with Crippen LogP contribution in [0, 0.1) is 6.92 Å². The third kappa shape index (κ3) is 8.55. The van der Waals surface area contributed by atoms with Gasteiger partial charge in [-0.25, -0.2) is 18.0 Å². The number of esters is 1. The molecule has 0 unspecified atom stereocenters. The number of carbonyl (C=O) groups excluding carboxylic acids is 3. The minimum Gasteiger partial charge on any atom is -0.458 e. The highest BCUT2D eigenvalue weighted by Crippen LogP contribution is 2.27. The third-order valence-corrected chi connectivity index (χ3v) is 9.39. The Hall–Kier alpha value is -3.48. The molecule has 2 heterocycles. The Labute approximate surface area is 254 Å². The van der Waals surface area contributed by atoms with Crippen molar-refractivity contribution in [3.63, 3.8) is 0 Å². The summed E-state index contributed by atoms with van der Waals surface area (Å²) in [7, 11) is -1.90. The van der Waals surface area contributed by atoms with Crippen molar-refractivity contribution >= 4 is 28.0 Å². The molecule has 2 fully saturated rings. The molecule has 2 aliphatic heterocycles. The van der Waals surface area contributed by atoms with Crippen molar-refractivity contribution in [1.29, 1.82) is 0 Å². The number of carbonyl (C=O) groups is 3.